The minimum absolute atomic E-state index is 0.156. The molecule has 0 aliphatic rings. The molecule has 0 saturated carbocycles. The molecule has 0 heterocycles. The summed E-state index contributed by atoms with van der Waals surface area (Å²) in [5, 5.41) is 11.9. The molecule has 2 aromatic carbocycles. The van der Waals surface area contributed by atoms with Crippen LogP contribution >= 0.6 is 0 Å². The van der Waals surface area contributed by atoms with Crippen LogP contribution in [0.2, 0.25) is 0 Å². The first kappa shape index (κ1) is 50.0. The summed E-state index contributed by atoms with van der Waals surface area (Å²) in [7, 11) is 4.43. The van der Waals surface area contributed by atoms with Crippen molar-refractivity contribution in [2.45, 2.75) is 174 Å². The molecule has 0 spiro atoms. The maximum atomic E-state index is 12.4. The van der Waals surface area contributed by atoms with Crippen LogP contribution in [0.3, 0.4) is 0 Å². The summed E-state index contributed by atoms with van der Waals surface area (Å²) in [4.78, 5) is 29.7. The van der Waals surface area contributed by atoms with E-state index in [1.807, 2.05) is 24.3 Å². The second-order valence-corrected chi connectivity index (χ2v) is 16.7. The predicted octanol–water partition coefficient (Wildman–Crippen LogP) is 12.8. The minimum atomic E-state index is -0.156. The summed E-state index contributed by atoms with van der Waals surface area (Å²) in [5.41, 5.74) is 3.90. The van der Waals surface area contributed by atoms with E-state index in [0.29, 0.717) is 13.1 Å². The number of anilines is 2. The third-order valence-electron chi connectivity index (χ3n) is 11.1. The van der Waals surface area contributed by atoms with Gasteiger partial charge in [-0.1, -0.05) is 154 Å². The van der Waals surface area contributed by atoms with Crippen molar-refractivity contribution in [1.82, 2.24) is 20.4 Å². The third kappa shape index (κ3) is 28.9. The van der Waals surface area contributed by atoms with Crippen LogP contribution in [0.4, 0.5) is 21.0 Å². The molecule has 4 amide bonds. The molecule has 4 N–H and O–H groups in total. The molecule has 8 nitrogen and oxygen atoms in total. The van der Waals surface area contributed by atoms with Crippen molar-refractivity contribution in [3.8, 4) is 0 Å². The highest BCUT2D eigenvalue weighted by Crippen LogP contribution is 2.17. The maximum absolute atomic E-state index is 12.4. The summed E-state index contributed by atoms with van der Waals surface area (Å²) in [5.74, 6) is 0. The number of urea groups is 2. The lowest BCUT2D eigenvalue weighted by atomic mass is 10.0. The Hall–Kier alpha value is -3.10. The highest BCUT2D eigenvalue weighted by atomic mass is 16.2. The van der Waals surface area contributed by atoms with Crippen molar-refractivity contribution in [1.29, 1.82) is 0 Å². The lowest BCUT2D eigenvalue weighted by Gasteiger charge is -2.16. The molecule has 0 saturated heterocycles. The van der Waals surface area contributed by atoms with E-state index in [2.05, 4.69) is 83.3 Å². The number of rotatable bonds is 36. The van der Waals surface area contributed by atoms with Crippen LogP contribution < -0.4 is 21.3 Å². The van der Waals surface area contributed by atoms with Gasteiger partial charge in [0.15, 0.2) is 0 Å². The fourth-order valence-corrected chi connectivity index (χ4v) is 7.38. The average Bonchev–Trinajstić information content (AvgIpc) is 3.20. The first-order valence-electron chi connectivity index (χ1n) is 23.5. The van der Waals surface area contributed by atoms with Crippen LogP contribution in [0, 0.1) is 0 Å². The SMILES string of the molecule is CCCCCCCCCCCCN(C)CCCCNC(=O)Nc1ccc(Cc2ccc(NC(=O)NCCCCN(C)CCCCCCCCCCCC)cc2)cc1. The van der Waals surface area contributed by atoms with Gasteiger partial charge in [0.2, 0.25) is 0 Å². The van der Waals surface area contributed by atoms with Crippen molar-refractivity contribution in [3.05, 3.63) is 59.7 Å². The Kier molecular flexibility index (Phi) is 30.6. The summed E-state index contributed by atoms with van der Waals surface area (Å²) in [6.45, 7) is 10.4. The summed E-state index contributed by atoms with van der Waals surface area (Å²) in [6.07, 6.45) is 32.4. The molecule has 2 rings (SSSR count). The quantitative estimate of drug-likeness (QED) is 0.0518. The smallest absolute Gasteiger partial charge is 0.319 e. The van der Waals surface area contributed by atoms with E-state index in [0.717, 1.165) is 67.7 Å². The second kappa shape index (κ2) is 34.9. The van der Waals surface area contributed by atoms with Crippen LogP contribution in [0.5, 0.6) is 0 Å². The summed E-state index contributed by atoms with van der Waals surface area (Å²) >= 11 is 0. The molecular weight excluding hydrogens is 705 g/mol. The zero-order chi connectivity index (χ0) is 41.0. The van der Waals surface area contributed by atoms with Gasteiger partial charge in [0, 0.05) is 24.5 Å². The van der Waals surface area contributed by atoms with E-state index in [1.54, 1.807) is 0 Å². The maximum Gasteiger partial charge on any atom is 0.319 e. The van der Waals surface area contributed by atoms with Gasteiger partial charge >= 0.3 is 12.1 Å². The Bertz CT molecular complexity index is 1140. The van der Waals surface area contributed by atoms with Crippen LogP contribution in [0.25, 0.3) is 0 Å². The van der Waals surface area contributed by atoms with Gasteiger partial charge in [0.1, 0.15) is 0 Å². The third-order valence-corrected chi connectivity index (χ3v) is 11.1. The van der Waals surface area contributed by atoms with Gasteiger partial charge in [-0.2, -0.15) is 0 Å². The molecule has 2 aromatic rings. The molecule has 0 unspecified atom stereocenters. The van der Waals surface area contributed by atoms with Crippen molar-refractivity contribution in [3.63, 3.8) is 0 Å². The van der Waals surface area contributed by atoms with Gasteiger partial charge in [-0.25, -0.2) is 9.59 Å². The van der Waals surface area contributed by atoms with E-state index in [1.165, 1.54) is 142 Å². The molecule has 0 radical (unpaired) electrons. The Morgan fingerprint density at radius 3 is 1.00 bits per heavy atom. The molecule has 0 aliphatic carbocycles. The lowest BCUT2D eigenvalue weighted by molar-refractivity contribution is 0.250. The number of hydrogen-bond acceptors (Lipinski definition) is 4. The number of hydrogen-bond donors (Lipinski definition) is 4. The van der Waals surface area contributed by atoms with Gasteiger partial charge in [-0.05, 0) is 121 Å². The number of carbonyl (C=O) groups is 2. The lowest BCUT2D eigenvalue weighted by Crippen LogP contribution is -2.30. The molecule has 0 fully saturated rings. The minimum Gasteiger partial charge on any atom is -0.338 e. The standard InChI is InChI=1S/C49H86N6O2/c1-5-7-9-11-13-15-17-19-21-25-39-54(3)41-27-23-37-50-48(56)52-46-33-29-44(30-34-46)43-45-31-35-47(36-32-45)53-49(57)51-38-24-28-42-55(4)40-26-22-20-18-16-14-12-10-8-6-2/h29-36H,5-28,37-43H2,1-4H3,(H2,50,52,56)(H2,51,53,57). The summed E-state index contributed by atoms with van der Waals surface area (Å²) < 4.78 is 0. The van der Waals surface area contributed by atoms with Gasteiger partial charge < -0.3 is 31.1 Å². The average molecular weight is 791 g/mol. The number of unbranched alkanes of at least 4 members (excludes halogenated alkanes) is 20. The van der Waals surface area contributed by atoms with Crippen LogP contribution in [0.1, 0.15) is 179 Å². The van der Waals surface area contributed by atoms with E-state index >= 15 is 0 Å². The van der Waals surface area contributed by atoms with E-state index in [-0.39, 0.29) is 12.1 Å². The molecule has 57 heavy (non-hydrogen) atoms. The van der Waals surface area contributed by atoms with Crippen molar-refractivity contribution < 1.29 is 9.59 Å². The first-order chi connectivity index (χ1) is 27.9. The largest absolute Gasteiger partial charge is 0.338 e. The fraction of sp³-hybridized carbons (Fsp3) is 0.714. The van der Waals surface area contributed by atoms with Crippen molar-refractivity contribution in [2.75, 3.05) is 64.0 Å². The Labute approximate surface area is 350 Å². The first-order valence-corrected chi connectivity index (χ1v) is 23.5. The molecule has 0 bridgehead atoms. The van der Waals surface area contributed by atoms with Crippen LogP contribution in [0.15, 0.2) is 48.5 Å². The zero-order valence-corrected chi connectivity index (χ0v) is 37.3. The van der Waals surface area contributed by atoms with Gasteiger partial charge in [-0.3, -0.25) is 0 Å². The van der Waals surface area contributed by atoms with Crippen LogP contribution in [-0.2, 0) is 6.42 Å². The topological polar surface area (TPSA) is 88.7 Å². The van der Waals surface area contributed by atoms with E-state index in [9.17, 15) is 9.59 Å². The monoisotopic (exact) mass is 791 g/mol. The number of nitrogens with zero attached hydrogens (tertiary/aromatic N) is 2. The summed E-state index contributed by atoms with van der Waals surface area (Å²) in [6, 6.07) is 15.7. The molecule has 0 aliphatic heterocycles. The molecule has 8 heteroatoms. The number of amides is 4. The molecule has 0 atom stereocenters. The highest BCUT2D eigenvalue weighted by molar-refractivity contribution is 5.89. The van der Waals surface area contributed by atoms with Crippen LogP contribution in [-0.4, -0.2) is 75.2 Å². The predicted molar refractivity (Wildman–Crippen MR) is 247 cm³/mol. The van der Waals surface area contributed by atoms with Crippen molar-refractivity contribution in [2.24, 2.45) is 0 Å². The number of benzene rings is 2. The Morgan fingerprint density at radius 1 is 0.404 bits per heavy atom. The second-order valence-electron chi connectivity index (χ2n) is 16.7. The molecule has 324 valence electrons. The normalized spacial score (nSPS) is 11.3. The molecular formula is C49H86N6O2. The van der Waals surface area contributed by atoms with Gasteiger partial charge in [-0.15, -0.1) is 0 Å². The van der Waals surface area contributed by atoms with Gasteiger partial charge in [0.25, 0.3) is 0 Å². The van der Waals surface area contributed by atoms with E-state index < -0.39 is 0 Å². The highest BCUT2D eigenvalue weighted by Gasteiger charge is 2.06. The number of carbonyl (C=O) groups excluding carboxylic acids is 2. The van der Waals surface area contributed by atoms with Crippen molar-refractivity contribution >= 4 is 23.4 Å². The number of nitrogens with one attached hydrogen (secondary N) is 4. The van der Waals surface area contributed by atoms with Gasteiger partial charge in [0.05, 0.1) is 0 Å². The Balaban J connectivity index is 1.47. The Morgan fingerprint density at radius 2 is 0.684 bits per heavy atom. The molecule has 0 aromatic heterocycles. The fourth-order valence-electron chi connectivity index (χ4n) is 7.38. The van der Waals surface area contributed by atoms with E-state index in [4.69, 9.17) is 0 Å². The zero-order valence-electron chi connectivity index (χ0n) is 37.3.